The van der Waals surface area contributed by atoms with Gasteiger partial charge in [0.25, 0.3) is 0 Å². The molecule has 0 aliphatic carbocycles. The summed E-state index contributed by atoms with van der Waals surface area (Å²) in [4.78, 5) is 8.12. The molecule has 1 atom stereocenters. The fourth-order valence-electron chi connectivity index (χ4n) is 1.40. The van der Waals surface area contributed by atoms with Gasteiger partial charge in [-0.1, -0.05) is 6.92 Å². The SMILES string of the molecule is CCC(C)NCc1sc(CN(C)C)nc1C. The number of aromatic nitrogens is 1. The van der Waals surface area contributed by atoms with Gasteiger partial charge in [0, 0.05) is 24.0 Å². The maximum Gasteiger partial charge on any atom is 0.107 e. The molecule has 0 aromatic carbocycles. The van der Waals surface area contributed by atoms with E-state index in [0.717, 1.165) is 13.1 Å². The first-order valence-electron chi connectivity index (χ1n) is 5.86. The Bertz CT molecular complexity index is 320. The maximum atomic E-state index is 4.59. The molecule has 0 aliphatic heterocycles. The Morgan fingerprint density at radius 2 is 2.12 bits per heavy atom. The van der Waals surface area contributed by atoms with Crippen LogP contribution in [-0.4, -0.2) is 30.0 Å². The molecule has 4 heteroatoms. The lowest BCUT2D eigenvalue weighted by atomic mass is 10.2. The molecule has 1 aromatic heterocycles. The van der Waals surface area contributed by atoms with Gasteiger partial charge in [0.15, 0.2) is 0 Å². The lowest BCUT2D eigenvalue weighted by Gasteiger charge is -2.09. The Kier molecular flexibility index (Phi) is 5.38. The van der Waals surface area contributed by atoms with Crippen LogP contribution in [0, 0.1) is 6.92 Å². The summed E-state index contributed by atoms with van der Waals surface area (Å²) < 4.78 is 0. The van der Waals surface area contributed by atoms with Gasteiger partial charge in [-0.15, -0.1) is 11.3 Å². The van der Waals surface area contributed by atoms with E-state index >= 15 is 0 Å². The van der Waals surface area contributed by atoms with Gasteiger partial charge in [-0.3, -0.25) is 0 Å². The Hall–Kier alpha value is -0.450. The quantitative estimate of drug-likeness (QED) is 0.829. The summed E-state index contributed by atoms with van der Waals surface area (Å²) in [6.07, 6.45) is 1.17. The molecular weight excluding hydrogens is 218 g/mol. The minimum atomic E-state index is 0.582. The van der Waals surface area contributed by atoms with Gasteiger partial charge in [0.1, 0.15) is 5.01 Å². The van der Waals surface area contributed by atoms with Crippen molar-refractivity contribution in [1.82, 2.24) is 15.2 Å². The molecule has 0 amide bonds. The normalized spacial score (nSPS) is 13.4. The molecule has 0 bridgehead atoms. The Balaban J connectivity index is 2.56. The van der Waals surface area contributed by atoms with E-state index in [0.29, 0.717) is 6.04 Å². The standard InChI is InChI=1S/C12H23N3S/c1-6-9(2)13-7-11-10(3)14-12(16-11)8-15(4)5/h9,13H,6-8H2,1-5H3. The predicted octanol–water partition coefficient (Wildman–Crippen LogP) is 2.40. The van der Waals surface area contributed by atoms with E-state index in [2.05, 4.69) is 50.1 Å². The summed E-state index contributed by atoms with van der Waals surface area (Å²) in [6.45, 7) is 8.41. The second-order valence-electron chi connectivity index (χ2n) is 4.54. The second-order valence-corrected chi connectivity index (χ2v) is 5.71. The molecule has 3 nitrogen and oxygen atoms in total. The van der Waals surface area contributed by atoms with Gasteiger partial charge in [-0.05, 0) is 34.4 Å². The molecule has 0 fully saturated rings. The van der Waals surface area contributed by atoms with Crippen LogP contribution in [0.5, 0.6) is 0 Å². The minimum Gasteiger partial charge on any atom is -0.309 e. The predicted molar refractivity (Wildman–Crippen MR) is 70.8 cm³/mol. The van der Waals surface area contributed by atoms with Crippen molar-refractivity contribution in [2.24, 2.45) is 0 Å². The number of aryl methyl sites for hydroxylation is 1. The first-order valence-corrected chi connectivity index (χ1v) is 6.67. The third kappa shape index (κ3) is 4.20. The van der Waals surface area contributed by atoms with Crippen LogP contribution in [-0.2, 0) is 13.1 Å². The molecule has 1 unspecified atom stereocenters. The van der Waals surface area contributed by atoms with Crippen molar-refractivity contribution in [2.45, 2.75) is 46.3 Å². The van der Waals surface area contributed by atoms with Crippen molar-refractivity contribution in [3.63, 3.8) is 0 Å². The molecule has 16 heavy (non-hydrogen) atoms. The summed E-state index contributed by atoms with van der Waals surface area (Å²) in [5.74, 6) is 0. The molecule has 0 saturated heterocycles. The summed E-state index contributed by atoms with van der Waals surface area (Å²) in [6, 6.07) is 0.582. The fraction of sp³-hybridized carbons (Fsp3) is 0.750. The first kappa shape index (κ1) is 13.6. The van der Waals surface area contributed by atoms with Crippen molar-refractivity contribution >= 4 is 11.3 Å². The van der Waals surface area contributed by atoms with Crippen molar-refractivity contribution in [2.75, 3.05) is 14.1 Å². The molecule has 0 spiro atoms. The van der Waals surface area contributed by atoms with E-state index in [1.807, 2.05) is 11.3 Å². The number of nitrogens with zero attached hydrogens (tertiary/aromatic N) is 2. The highest BCUT2D eigenvalue weighted by Gasteiger charge is 2.08. The van der Waals surface area contributed by atoms with Crippen LogP contribution in [0.3, 0.4) is 0 Å². The Morgan fingerprint density at radius 1 is 1.44 bits per heavy atom. The Labute approximate surface area is 103 Å². The van der Waals surface area contributed by atoms with Gasteiger partial charge < -0.3 is 10.2 Å². The van der Waals surface area contributed by atoms with Crippen LogP contribution >= 0.6 is 11.3 Å². The lowest BCUT2D eigenvalue weighted by Crippen LogP contribution is -2.24. The molecule has 1 N–H and O–H groups in total. The van der Waals surface area contributed by atoms with Gasteiger partial charge in [0.05, 0.1) is 5.69 Å². The molecule has 1 rings (SSSR count). The summed E-state index contributed by atoms with van der Waals surface area (Å²) in [7, 11) is 4.15. The zero-order valence-electron chi connectivity index (χ0n) is 11.0. The largest absolute Gasteiger partial charge is 0.309 e. The average molecular weight is 241 g/mol. The maximum absolute atomic E-state index is 4.59. The average Bonchev–Trinajstić information content (AvgIpc) is 2.54. The zero-order valence-corrected chi connectivity index (χ0v) is 11.8. The van der Waals surface area contributed by atoms with Crippen molar-refractivity contribution in [3.8, 4) is 0 Å². The minimum absolute atomic E-state index is 0.582. The van der Waals surface area contributed by atoms with Crippen LogP contribution in [0.1, 0.15) is 35.8 Å². The third-order valence-electron chi connectivity index (χ3n) is 2.61. The van der Waals surface area contributed by atoms with Crippen molar-refractivity contribution in [3.05, 3.63) is 15.6 Å². The summed E-state index contributed by atoms with van der Waals surface area (Å²) in [5.41, 5.74) is 1.18. The van der Waals surface area contributed by atoms with E-state index in [9.17, 15) is 0 Å². The van der Waals surface area contributed by atoms with E-state index < -0.39 is 0 Å². The van der Waals surface area contributed by atoms with Crippen LogP contribution < -0.4 is 5.32 Å². The summed E-state index contributed by atoms with van der Waals surface area (Å²) in [5, 5.41) is 4.72. The molecule has 0 saturated carbocycles. The van der Waals surface area contributed by atoms with Crippen LogP contribution in [0.2, 0.25) is 0 Å². The second kappa shape index (κ2) is 6.33. The molecule has 1 heterocycles. The molecule has 0 radical (unpaired) electrons. The first-order chi connectivity index (χ1) is 7.52. The highest BCUT2D eigenvalue weighted by Crippen LogP contribution is 2.19. The number of hydrogen-bond donors (Lipinski definition) is 1. The molecular formula is C12H23N3S. The van der Waals surface area contributed by atoms with E-state index in [4.69, 9.17) is 0 Å². The van der Waals surface area contributed by atoms with E-state index in [-0.39, 0.29) is 0 Å². The lowest BCUT2D eigenvalue weighted by molar-refractivity contribution is 0.401. The number of rotatable bonds is 6. The fourth-order valence-corrected chi connectivity index (χ4v) is 2.54. The number of hydrogen-bond acceptors (Lipinski definition) is 4. The van der Waals surface area contributed by atoms with Crippen LogP contribution in [0.4, 0.5) is 0 Å². The van der Waals surface area contributed by atoms with Crippen LogP contribution in [0.25, 0.3) is 0 Å². The van der Waals surface area contributed by atoms with Crippen molar-refractivity contribution in [1.29, 1.82) is 0 Å². The van der Waals surface area contributed by atoms with Gasteiger partial charge >= 0.3 is 0 Å². The van der Waals surface area contributed by atoms with E-state index in [1.165, 1.54) is 22.0 Å². The van der Waals surface area contributed by atoms with Gasteiger partial charge in [-0.25, -0.2) is 4.98 Å². The highest BCUT2D eigenvalue weighted by atomic mass is 32.1. The van der Waals surface area contributed by atoms with Crippen molar-refractivity contribution < 1.29 is 0 Å². The monoisotopic (exact) mass is 241 g/mol. The molecule has 92 valence electrons. The number of thiazole rings is 1. The molecule has 0 aliphatic rings. The topological polar surface area (TPSA) is 28.2 Å². The van der Waals surface area contributed by atoms with Gasteiger partial charge in [-0.2, -0.15) is 0 Å². The smallest absolute Gasteiger partial charge is 0.107 e. The Morgan fingerprint density at radius 3 is 2.69 bits per heavy atom. The zero-order chi connectivity index (χ0) is 12.1. The van der Waals surface area contributed by atoms with Crippen LogP contribution in [0.15, 0.2) is 0 Å². The third-order valence-corrected chi connectivity index (χ3v) is 3.75. The van der Waals surface area contributed by atoms with Gasteiger partial charge in [0.2, 0.25) is 0 Å². The van der Waals surface area contributed by atoms with E-state index in [1.54, 1.807) is 0 Å². The summed E-state index contributed by atoms with van der Waals surface area (Å²) >= 11 is 1.83. The highest BCUT2D eigenvalue weighted by molar-refractivity contribution is 7.11. The molecule has 1 aromatic rings. The number of nitrogens with one attached hydrogen (secondary N) is 1.